The van der Waals surface area contributed by atoms with E-state index in [0.29, 0.717) is 0 Å². The van der Waals surface area contributed by atoms with Gasteiger partial charge in [-0.15, -0.1) is 0 Å². The summed E-state index contributed by atoms with van der Waals surface area (Å²) in [4.78, 5) is 11.9. The van der Waals surface area contributed by atoms with Crippen molar-refractivity contribution in [3.05, 3.63) is 35.4 Å². The molecule has 3 nitrogen and oxygen atoms in total. The molecule has 22 heavy (non-hydrogen) atoms. The molecule has 0 radical (unpaired) electrons. The van der Waals surface area contributed by atoms with Gasteiger partial charge in [-0.2, -0.15) is 13.2 Å². The molecule has 2 N–H and O–H groups in total. The number of rotatable bonds is 3. The van der Waals surface area contributed by atoms with E-state index in [1.165, 1.54) is 19.1 Å². The highest BCUT2D eigenvalue weighted by Gasteiger charge is 2.42. The molecule has 1 aliphatic heterocycles. The standard InChI is InChI=1S/C14H15F5N2O/c1-8(9-3-2-4-10(5-9)14(17,18)19)21-12(22)11-6-13(15,16)7-20-11/h2-5,8,11,20H,6-7H2,1H3,(H,21,22). The van der Waals surface area contributed by atoms with Gasteiger partial charge in [0.2, 0.25) is 5.91 Å². The van der Waals surface area contributed by atoms with E-state index >= 15 is 0 Å². The fourth-order valence-corrected chi connectivity index (χ4v) is 2.28. The summed E-state index contributed by atoms with van der Waals surface area (Å²) in [5.74, 6) is -3.59. The second-order valence-corrected chi connectivity index (χ2v) is 5.35. The molecule has 0 spiro atoms. The van der Waals surface area contributed by atoms with Crippen LogP contribution in [-0.4, -0.2) is 24.4 Å². The lowest BCUT2D eigenvalue weighted by Gasteiger charge is -2.18. The lowest BCUT2D eigenvalue weighted by Crippen LogP contribution is -2.41. The number of nitrogens with one attached hydrogen (secondary N) is 2. The molecule has 1 saturated heterocycles. The summed E-state index contributed by atoms with van der Waals surface area (Å²) in [6, 6.07) is 2.78. The summed E-state index contributed by atoms with van der Waals surface area (Å²) in [5.41, 5.74) is -0.565. The van der Waals surface area contributed by atoms with Crippen molar-refractivity contribution in [2.75, 3.05) is 6.54 Å². The first-order chi connectivity index (χ1) is 10.1. The van der Waals surface area contributed by atoms with Gasteiger partial charge in [0.15, 0.2) is 0 Å². The molecule has 1 amide bonds. The number of hydrogen-bond acceptors (Lipinski definition) is 2. The van der Waals surface area contributed by atoms with Crippen molar-refractivity contribution < 1.29 is 26.7 Å². The number of carbonyl (C=O) groups is 1. The minimum Gasteiger partial charge on any atom is -0.348 e. The van der Waals surface area contributed by atoms with Crippen molar-refractivity contribution in [2.24, 2.45) is 0 Å². The Bertz CT molecular complexity index is 558. The van der Waals surface area contributed by atoms with Crippen LogP contribution < -0.4 is 10.6 Å². The Hall–Kier alpha value is -1.70. The summed E-state index contributed by atoms with van der Waals surface area (Å²) in [6.07, 6.45) is -5.09. The van der Waals surface area contributed by atoms with E-state index in [-0.39, 0.29) is 5.56 Å². The molecule has 2 unspecified atom stereocenters. The summed E-state index contributed by atoms with van der Waals surface area (Å²) in [7, 11) is 0. The summed E-state index contributed by atoms with van der Waals surface area (Å²) in [5, 5.41) is 4.85. The Labute approximate surface area is 123 Å². The van der Waals surface area contributed by atoms with Crippen molar-refractivity contribution in [1.29, 1.82) is 0 Å². The molecule has 2 rings (SSSR count). The monoisotopic (exact) mass is 322 g/mol. The molecule has 8 heteroatoms. The molecule has 0 aliphatic carbocycles. The predicted octanol–water partition coefficient (Wildman–Crippen LogP) is 2.88. The van der Waals surface area contributed by atoms with Crippen LogP contribution in [0.15, 0.2) is 24.3 Å². The zero-order valence-electron chi connectivity index (χ0n) is 11.7. The lowest BCUT2D eigenvalue weighted by atomic mass is 10.0. The minimum atomic E-state index is -4.48. The zero-order valence-corrected chi connectivity index (χ0v) is 11.7. The van der Waals surface area contributed by atoms with Gasteiger partial charge in [-0.1, -0.05) is 12.1 Å². The summed E-state index contributed by atoms with van der Waals surface area (Å²) < 4.78 is 64.0. The van der Waals surface area contributed by atoms with Gasteiger partial charge < -0.3 is 5.32 Å². The Morgan fingerprint density at radius 2 is 2.09 bits per heavy atom. The van der Waals surface area contributed by atoms with Crippen molar-refractivity contribution in [2.45, 2.75) is 37.5 Å². The average Bonchev–Trinajstić information content (AvgIpc) is 2.78. The molecular formula is C14H15F5N2O. The first kappa shape index (κ1) is 16.7. The Morgan fingerprint density at radius 1 is 1.41 bits per heavy atom. The number of hydrogen-bond donors (Lipinski definition) is 2. The Morgan fingerprint density at radius 3 is 2.64 bits per heavy atom. The first-order valence-corrected chi connectivity index (χ1v) is 6.67. The maximum Gasteiger partial charge on any atom is 0.416 e. The third-order valence-corrected chi connectivity index (χ3v) is 3.50. The minimum absolute atomic E-state index is 0.257. The summed E-state index contributed by atoms with van der Waals surface area (Å²) >= 11 is 0. The SMILES string of the molecule is CC(NC(=O)C1CC(F)(F)CN1)c1cccc(C(F)(F)F)c1. The smallest absolute Gasteiger partial charge is 0.348 e. The fourth-order valence-electron chi connectivity index (χ4n) is 2.28. The van der Waals surface area contributed by atoms with Gasteiger partial charge in [0.1, 0.15) is 0 Å². The molecule has 1 aromatic carbocycles. The van der Waals surface area contributed by atoms with Crippen molar-refractivity contribution in [3.63, 3.8) is 0 Å². The quantitative estimate of drug-likeness (QED) is 0.840. The Kier molecular flexibility index (Phi) is 4.42. The van der Waals surface area contributed by atoms with Crippen LogP contribution in [0, 0.1) is 0 Å². The third-order valence-electron chi connectivity index (χ3n) is 3.50. The number of benzene rings is 1. The normalized spacial score (nSPS) is 22.4. The van der Waals surface area contributed by atoms with Gasteiger partial charge in [-0.25, -0.2) is 8.78 Å². The van der Waals surface area contributed by atoms with Crippen molar-refractivity contribution in [3.8, 4) is 0 Å². The van der Waals surface area contributed by atoms with Gasteiger partial charge in [0.05, 0.1) is 24.2 Å². The van der Waals surface area contributed by atoms with Crippen LogP contribution >= 0.6 is 0 Å². The van der Waals surface area contributed by atoms with E-state index in [4.69, 9.17) is 0 Å². The van der Waals surface area contributed by atoms with E-state index in [0.717, 1.165) is 12.1 Å². The van der Waals surface area contributed by atoms with Crippen LogP contribution in [0.25, 0.3) is 0 Å². The van der Waals surface area contributed by atoms with Gasteiger partial charge in [0, 0.05) is 6.42 Å². The van der Waals surface area contributed by atoms with E-state index < -0.39 is 48.6 Å². The van der Waals surface area contributed by atoms with E-state index in [1.54, 1.807) is 0 Å². The fraction of sp³-hybridized carbons (Fsp3) is 0.500. The van der Waals surface area contributed by atoms with Crippen molar-refractivity contribution in [1.82, 2.24) is 10.6 Å². The third kappa shape index (κ3) is 3.94. The number of amides is 1. The highest BCUT2D eigenvalue weighted by Crippen LogP contribution is 2.31. The second kappa shape index (κ2) is 5.83. The Balaban J connectivity index is 2.03. The molecule has 1 heterocycles. The molecular weight excluding hydrogens is 307 g/mol. The molecule has 1 fully saturated rings. The van der Waals surface area contributed by atoms with E-state index in [1.807, 2.05) is 0 Å². The number of carbonyl (C=O) groups excluding carboxylic acids is 1. The van der Waals surface area contributed by atoms with E-state index in [2.05, 4.69) is 10.6 Å². The molecule has 0 aromatic heterocycles. The van der Waals surface area contributed by atoms with Gasteiger partial charge in [0.25, 0.3) is 5.92 Å². The van der Waals surface area contributed by atoms with Gasteiger partial charge in [-0.05, 0) is 24.6 Å². The molecule has 122 valence electrons. The maximum absolute atomic E-state index is 13.0. The summed E-state index contributed by atoms with van der Waals surface area (Å²) in [6.45, 7) is 0.920. The van der Waals surface area contributed by atoms with Crippen LogP contribution in [0.3, 0.4) is 0 Å². The predicted molar refractivity (Wildman–Crippen MR) is 69.4 cm³/mol. The largest absolute Gasteiger partial charge is 0.416 e. The second-order valence-electron chi connectivity index (χ2n) is 5.35. The number of halogens is 5. The van der Waals surface area contributed by atoms with Crippen molar-refractivity contribution >= 4 is 5.91 Å². The van der Waals surface area contributed by atoms with E-state index in [9.17, 15) is 26.7 Å². The van der Waals surface area contributed by atoms with Gasteiger partial charge >= 0.3 is 6.18 Å². The highest BCUT2D eigenvalue weighted by atomic mass is 19.4. The van der Waals surface area contributed by atoms with Crippen LogP contribution in [-0.2, 0) is 11.0 Å². The zero-order chi connectivity index (χ0) is 16.5. The first-order valence-electron chi connectivity index (χ1n) is 6.67. The lowest BCUT2D eigenvalue weighted by molar-refractivity contribution is -0.137. The molecule has 0 saturated carbocycles. The number of alkyl halides is 5. The van der Waals surface area contributed by atoms with Crippen LogP contribution in [0.5, 0.6) is 0 Å². The highest BCUT2D eigenvalue weighted by molar-refractivity contribution is 5.82. The molecule has 1 aliphatic rings. The molecule has 1 aromatic rings. The van der Waals surface area contributed by atoms with Crippen LogP contribution in [0.4, 0.5) is 22.0 Å². The van der Waals surface area contributed by atoms with Crippen LogP contribution in [0.2, 0.25) is 0 Å². The van der Waals surface area contributed by atoms with Gasteiger partial charge in [-0.3, -0.25) is 10.1 Å². The average molecular weight is 322 g/mol. The maximum atomic E-state index is 13.0. The molecule has 0 bridgehead atoms. The molecule has 2 atom stereocenters. The topological polar surface area (TPSA) is 41.1 Å². The van der Waals surface area contributed by atoms with Crippen LogP contribution in [0.1, 0.15) is 30.5 Å².